The third-order valence-electron chi connectivity index (χ3n) is 2.34. The van der Waals surface area contributed by atoms with Gasteiger partial charge in [-0.15, -0.1) is 0 Å². The van der Waals surface area contributed by atoms with Crippen molar-refractivity contribution >= 4 is 35.1 Å². The largest absolute Gasteiger partial charge is 0.416 e. The summed E-state index contributed by atoms with van der Waals surface area (Å²) in [5, 5.41) is 1.24. The van der Waals surface area contributed by atoms with Crippen molar-refractivity contribution in [1.82, 2.24) is 5.32 Å². The zero-order valence-electron chi connectivity index (χ0n) is 8.92. The molecular formula is C10H4ClF3N2O3. The van der Waals surface area contributed by atoms with Gasteiger partial charge in [-0.3, -0.25) is 14.9 Å². The number of nitrogens with one attached hydrogen (secondary N) is 1. The van der Waals surface area contributed by atoms with Crippen LogP contribution in [0.1, 0.15) is 5.56 Å². The van der Waals surface area contributed by atoms with E-state index in [-0.39, 0.29) is 5.69 Å². The summed E-state index contributed by atoms with van der Waals surface area (Å²) >= 11 is 5.61. The molecular weight excluding hydrogens is 289 g/mol. The van der Waals surface area contributed by atoms with Gasteiger partial charge in [-0.25, -0.2) is 9.69 Å². The minimum atomic E-state index is -4.60. The second-order valence-electron chi connectivity index (χ2n) is 3.56. The summed E-state index contributed by atoms with van der Waals surface area (Å²) in [6.45, 7) is 0. The fourth-order valence-corrected chi connectivity index (χ4v) is 1.75. The first-order chi connectivity index (χ1) is 8.71. The highest BCUT2D eigenvalue weighted by molar-refractivity contribution is 6.53. The molecule has 0 saturated carbocycles. The van der Waals surface area contributed by atoms with Gasteiger partial charge >= 0.3 is 24.0 Å². The molecule has 1 aromatic carbocycles. The van der Waals surface area contributed by atoms with Crippen molar-refractivity contribution in [2.75, 3.05) is 4.90 Å². The Hall–Kier alpha value is -2.09. The molecule has 1 saturated heterocycles. The predicted octanol–water partition coefficient (Wildman–Crippen LogP) is 1.94. The molecule has 0 unspecified atom stereocenters. The summed E-state index contributed by atoms with van der Waals surface area (Å²) in [7, 11) is 0. The number of carbonyl (C=O) groups is 3. The van der Waals surface area contributed by atoms with Crippen LogP contribution in [-0.4, -0.2) is 17.8 Å². The summed E-state index contributed by atoms with van der Waals surface area (Å²) in [5.74, 6) is -2.37. The smallest absolute Gasteiger partial charge is 0.269 e. The average molecular weight is 293 g/mol. The van der Waals surface area contributed by atoms with Gasteiger partial charge in [0, 0.05) is 0 Å². The van der Waals surface area contributed by atoms with Gasteiger partial charge in [0.25, 0.3) is 0 Å². The Bertz CT molecular complexity index is 600. The van der Waals surface area contributed by atoms with Gasteiger partial charge in [-0.2, -0.15) is 13.2 Å². The highest BCUT2D eigenvalue weighted by Gasteiger charge is 2.40. The number of amides is 4. The molecule has 9 heteroatoms. The minimum Gasteiger partial charge on any atom is -0.269 e. The lowest BCUT2D eigenvalue weighted by Crippen LogP contribution is -2.31. The van der Waals surface area contributed by atoms with Crippen LogP contribution in [0.25, 0.3) is 0 Å². The second-order valence-corrected chi connectivity index (χ2v) is 3.97. The summed E-state index contributed by atoms with van der Waals surface area (Å²) in [4.78, 5) is 34.0. The molecule has 5 nitrogen and oxygen atoms in total. The van der Waals surface area contributed by atoms with Crippen LogP contribution in [0.3, 0.4) is 0 Å². The molecule has 2 rings (SSSR count). The number of anilines is 1. The van der Waals surface area contributed by atoms with Crippen molar-refractivity contribution in [2.45, 2.75) is 6.18 Å². The number of nitrogens with zero attached hydrogens (tertiary/aromatic N) is 1. The highest BCUT2D eigenvalue weighted by Crippen LogP contribution is 2.35. The van der Waals surface area contributed by atoms with Crippen LogP contribution >= 0.6 is 11.6 Å². The zero-order valence-corrected chi connectivity index (χ0v) is 9.67. The van der Waals surface area contributed by atoms with E-state index in [1.807, 2.05) is 0 Å². The van der Waals surface area contributed by atoms with Crippen LogP contribution in [0.5, 0.6) is 0 Å². The van der Waals surface area contributed by atoms with Gasteiger partial charge in [0.05, 0.1) is 16.3 Å². The molecule has 0 aliphatic carbocycles. The Morgan fingerprint density at radius 3 is 2.21 bits per heavy atom. The zero-order chi connectivity index (χ0) is 14.4. The molecule has 1 aliphatic rings. The Kier molecular flexibility index (Phi) is 2.97. The molecule has 1 N–H and O–H groups in total. The lowest BCUT2D eigenvalue weighted by molar-refractivity contribution is -0.137. The molecule has 4 amide bonds. The molecule has 0 radical (unpaired) electrons. The monoisotopic (exact) mass is 292 g/mol. The number of rotatable bonds is 1. The average Bonchev–Trinajstić information content (AvgIpc) is 2.53. The molecule has 0 bridgehead atoms. The molecule has 1 aliphatic heterocycles. The SMILES string of the molecule is O=C1NC(=O)N(c2ccc(C(F)(F)F)cc2Cl)C1=O. The van der Waals surface area contributed by atoms with E-state index in [0.717, 1.165) is 6.07 Å². The van der Waals surface area contributed by atoms with E-state index in [2.05, 4.69) is 0 Å². The highest BCUT2D eigenvalue weighted by atomic mass is 35.5. The van der Waals surface area contributed by atoms with E-state index < -0.39 is 34.6 Å². The predicted molar refractivity (Wildman–Crippen MR) is 57.5 cm³/mol. The molecule has 0 spiro atoms. The fourth-order valence-electron chi connectivity index (χ4n) is 1.48. The van der Waals surface area contributed by atoms with E-state index >= 15 is 0 Å². The number of benzene rings is 1. The molecule has 1 heterocycles. The first kappa shape index (κ1) is 13.3. The maximum atomic E-state index is 12.4. The number of carbonyl (C=O) groups excluding carboxylic acids is 3. The number of urea groups is 1. The van der Waals surface area contributed by atoms with Crippen LogP contribution in [0.2, 0.25) is 5.02 Å². The maximum Gasteiger partial charge on any atom is 0.416 e. The number of halogens is 4. The van der Waals surface area contributed by atoms with Crippen molar-refractivity contribution in [3.63, 3.8) is 0 Å². The van der Waals surface area contributed by atoms with Crippen molar-refractivity contribution in [3.8, 4) is 0 Å². The van der Waals surface area contributed by atoms with Gasteiger partial charge < -0.3 is 0 Å². The standard InChI is InChI=1S/C10H4ClF3N2O3/c11-5-3-4(10(12,13)14)1-2-6(5)16-8(18)7(17)15-9(16)19/h1-3H,(H,15,17,19). The number of alkyl halides is 3. The third kappa shape index (κ3) is 2.26. The fraction of sp³-hybridized carbons (Fsp3) is 0.100. The van der Waals surface area contributed by atoms with Crippen molar-refractivity contribution in [1.29, 1.82) is 0 Å². The van der Waals surface area contributed by atoms with Crippen LogP contribution in [0.15, 0.2) is 18.2 Å². The lowest BCUT2D eigenvalue weighted by Gasteiger charge is -2.15. The molecule has 19 heavy (non-hydrogen) atoms. The Labute approximate surface area is 108 Å². The van der Waals surface area contributed by atoms with Crippen LogP contribution in [-0.2, 0) is 15.8 Å². The van der Waals surface area contributed by atoms with Crippen LogP contribution in [0.4, 0.5) is 23.7 Å². The normalized spacial score (nSPS) is 16.0. The van der Waals surface area contributed by atoms with Gasteiger partial charge in [0.15, 0.2) is 0 Å². The number of hydrogen-bond donors (Lipinski definition) is 1. The topological polar surface area (TPSA) is 66.5 Å². The van der Waals surface area contributed by atoms with Crippen LogP contribution in [0, 0.1) is 0 Å². The quantitative estimate of drug-likeness (QED) is 0.635. The third-order valence-corrected chi connectivity index (χ3v) is 2.64. The lowest BCUT2D eigenvalue weighted by atomic mass is 10.2. The van der Waals surface area contributed by atoms with E-state index in [0.29, 0.717) is 17.0 Å². The van der Waals surface area contributed by atoms with Gasteiger partial charge in [0.1, 0.15) is 0 Å². The Morgan fingerprint density at radius 2 is 1.79 bits per heavy atom. The summed E-state index contributed by atoms with van der Waals surface area (Å²) in [6.07, 6.45) is -4.60. The number of hydrogen-bond acceptors (Lipinski definition) is 3. The molecule has 1 aromatic rings. The first-order valence-corrected chi connectivity index (χ1v) is 5.16. The molecule has 0 atom stereocenters. The van der Waals surface area contributed by atoms with E-state index in [1.165, 1.54) is 0 Å². The van der Waals surface area contributed by atoms with Crippen LogP contribution < -0.4 is 10.2 Å². The number of imide groups is 2. The minimum absolute atomic E-state index is 0.289. The molecule has 1 fully saturated rings. The van der Waals surface area contributed by atoms with Crippen molar-refractivity contribution < 1.29 is 27.6 Å². The summed E-state index contributed by atoms with van der Waals surface area (Å²) in [5.41, 5.74) is -1.32. The second kappa shape index (κ2) is 4.23. The van der Waals surface area contributed by atoms with Crippen molar-refractivity contribution in [2.24, 2.45) is 0 Å². The Morgan fingerprint density at radius 1 is 1.16 bits per heavy atom. The van der Waals surface area contributed by atoms with E-state index in [1.54, 1.807) is 5.32 Å². The van der Waals surface area contributed by atoms with Gasteiger partial charge in [0.2, 0.25) is 0 Å². The van der Waals surface area contributed by atoms with Crippen molar-refractivity contribution in [3.05, 3.63) is 28.8 Å². The molecule has 0 aromatic heterocycles. The summed E-state index contributed by atoms with van der Waals surface area (Å²) < 4.78 is 37.3. The van der Waals surface area contributed by atoms with Gasteiger partial charge in [-0.1, -0.05) is 11.6 Å². The first-order valence-electron chi connectivity index (χ1n) is 4.78. The molecule has 100 valence electrons. The van der Waals surface area contributed by atoms with E-state index in [9.17, 15) is 27.6 Å². The maximum absolute atomic E-state index is 12.4. The van der Waals surface area contributed by atoms with Gasteiger partial charge in [-0.05, 0) is 18.2 Å². The Balaban J connectivity index is 2.45. The van der Waals surface area contributed by atoms with E-state index in [4.69, 9.17) is 11.6 Å². The summed E-state index contributed by atoms with van der Waals surface area (Å²) in [6, 6.07) is 1.02.